The van der Waals surface area contributed by atoms with Gasteiger partial charge in [-0.05, 0) is 6.92 Å². The maximum absolute atomic E-state index is 11.4. The number of hydrazone groups is 1. The summed E-state index contributed by atoms with van der Waals surface area (Å²) in [6.45, 7) is -0.248. The molecule has 0 aliphatic heterocycles. The van der Waals surface area contributed by atoms with Crippen molar-refractivity contribution in [2.75, 3.05) is 32.8 Å². The number of carbonyl (C=O) groups excluding carboxylic acids is 5. The van der Waals surface area contributed by atoms with Crippen molar-refractivity contribution in [1.82, 2.24) is 21.4 Å². The van der Waals surface area contributed by atoms with Crippen LogP contribution < -0.4 is 21.4 Å². The molecule has 0 unspecified atom stereocenters. The highest BCUT2D eigenvalue weighted by molar-refractivity contribution is 6.58. The molecule has 0 rings (SSSR count). The molecule has 0 fully saturated rings. The van der Waals surface area contributed by atoms with Gasteiger partial charge >= 0.3 is 0 Å². The van der Waals surface area contributed by atoms with Gasteiger partial charge in [0.05, 0.1) is 25.3 Å². The van der Waals surface area contributed by atoms with E-state index in [4.69, 9.17) is 12.6 Å². The predicted octanol–water partition coefficient (Wildman–Crippen LogP) is -3.83. The molecule has 0 aliphatic carbocycles. The number of ether oxygens (including phenoxy) is 1. The van der Waals surface area contributed by atoms with E-state index in [0.29, 0.717) is 0 Å². The minimum absolute atomic E-state index is 0.333. The maximum Gasteiger partial charge on any atom is 0.266 e. The quantitative estimate of drug-likeness (QED) is 0.172. The number of hydrogen-bond acceptors (Lipinski definition) is 7. The Hall–Kier alpha value is -2.76. The summed E-state index contributed by atoms with van der Waals surface area (Å²) < 4.78 is 4.80. The molecule has 0 aliphatic rings. The van der Waals surface area contributed by atoms with Crippen molar-refractivity contribution < 1.29 is 28.7 Å². The third-order valence-corrected chi connectivity index (χ3v) is 2.14. The Balaban J connectivity index is 3.74. The number of nitrogens with zero attached hydrogens (tertiary/aromatic N) is 1. The number of hydrogen-bond donors (Lipinski definition) is 4. The third-order valence-electron chi connectivity index (χ3n) is 2.14. The molecule has 0 bridgehead atoms. The van der Waals surface area contributed by atoms with Crippen LogP contribution in [0.3, 0.4) is 0 Å². The second-order valence-electron chi connectivity index (χ2n) is 4.21. The fourth-order valence-electron chi connectivity index (χ4n) is 1.12. The van der Waals surface area contributed by atoms with Crippen molar-refractivity contribution in [3.8, 4) is 0 Å². The van der Waals surface area contributed by atoms with E-state index in [1.165, 1.54) is 6.21 Å². The Morgan fingerprint density at radius 2 is 1.38 bits per heavy atom. The summed E-state index contributed by atoms with van der Waals surface area (Å²) in [5.41, 5.74) is 1.43. The summed E-state index contributed by atoms with van der Waals surface area (Å²) in [5, 5.41) is 10.1. The molecule has 2 radical (unpaired) electrons. The average molecular weight is 339 g/mol. The molecular weight excluding hydrogens is 321 g/mol. The maximum atomic E-state index is 11.4. The molecule has 130 valence electrons. The third kappa shape index (κ3) is 12.9. The Labute approximate surface area is 139 Å². The first-order valence-corrected chi connectivity index (χ1v) is 6.77. The van der Waals surface area contributed by atoms with Crippen molar-refractivity contribution >= 4 is 43.4 Å². The SMILES string of the molecule is [B]C(=O)CNC(=O)CNC(=O)CNC(=O)COCC(=O)N/N=C/C. The summed E-state index contributed by atoms with van der Waals surface area (Å²) in [5.74, 6) is -2.36. The highest BCUT2D eigenvalue weighted by Gasteiger charge is 2.09. The molecule has 4 amide bonds. The zero-order valence-corrected chi connectivity index (χ0v) is 13.1. The molecule has 11 nitrogen and oxygen atoms in total. The van der Waals surface area contributed by atoms with E-state index in [1.807, 2.05) is 0 Å². The van der Waals surface area contributed by atoms with Gasteiger partial charge in [-0.15, -0.1) is 0 Å². The molecule has 0 aromatic carbocycles. The normalized spacial score (nSPS) is 10.0. The molecule has 0 aromatic heterocycles. The van der Waals surface area contributed by atoms with Gasteiger partial charge in [0.1, 0.15) is 13.2 Å². The van der Waals surface area contributed by atoms with Gasteiger partial charge in [-0.1, -0.05) is 0 Å². The second kappa shape index (κ2) is 12.8. The van der Waals surface area contributed by atoms with E-state index < -0.39 is 35.9 Å². The topological polar surface area (TPSA) is 155 Å². The monoisotopic (exact) mass is 339 g/mol. The van der Waals surface area contributed by atoms with Gasteiger partial charge in [-0.25, -0.2) is 5.43 Å². The van der Waals surface area contributed by atoms with Crippen LogP contribution in [0.2, 0.25) is 0 Å². The highest BCUT2D eigenvalue weighted by atomic mass is 16.5. The molecule has 0 saturated heterocycles. The van der Waals surface area contributed by atoms with E-state index in [2.05, 4.69) is 26.5 Å². The van der Waals surface area contributed by atoms with Gasteiger partial charge in [0.2, 0.25) is 17.7 Å². The van der Waals surface area contributed by atoms with Crippen LogP contribution in [0.15, 0.2) is 5.10 Å². The van der Waals surface area contributed by atoms with Gasteiger partial charge in [-0.3, -0.25) is 19.2 Å². The zero-order valence-electron chi connectivity index (χ0n) is 13.1. The Morgan fingerprint density at radius 1 is 0.875 bits per heavy atom. The summed E-state index contributed by atoms with van der Waals surface area (Å²) in [6, 6.07) is 0. The number of carbonyl (C=O) groups is 5. The fourth-order valence-corrected chi connectivity index (χ4v) is 1.12. The van der Waals surface area contributed by atoms with Crippen LogP contribution in [0.4, 0.5) is 0 Å². The van der Waals surface area contributed by atoms with E-state index in [0.717, 1.165) is 0 Å². The first kappa shape index (κ1) is 21.2. The van der Waals surface area contributed by atoms with Crippen LogP contribution >= 0.6 is 0 Å². The van der Waals surface area contributed by atoms with Crippen LogP contribution in [0.1, 0.15) is 6.92 Å². The van der Waals surface area contributed by atoms with Crippen molar-refractivity contribution in [1.29, 1.82) is 0 Å². The van der Waals surface area contributed by atoms with Gasteiger partial charge in [0.15, 0.2) is 7.85 Å². The first-order chi connectivity index (χ1) is 11.3. The second-order valence-corrected chi connectivity index (χ2v) is 4.21. The zero-order chi connectivity index (χ0) is 18.4. The smallest absolute Gasteiger partial charge is 0.266 e. The van der Waals surface area contributed by atoms with Crippen LogP contribution in [-0.2, 0) is 28.7 Å². The van der Waals surface area contributed by atoms with Crippen LogP contribution in [0.5, 0.6) is 0 Å². The van der Waals surface area contributed by atoms with Crippen molar-refractivity contribution in [2.24, 2.45) is 5.10 Å². The van der Waals surface area contributed by atoms with E-state index in [1.54, 1.807) is 6.92 Å². The van der Waals surface area contributed by atoms with Crippen molar-refractivity contribution in [3.63, 3.8) is 0 Å². The number of nitrogens with one attached hydrogen (secondary N) is 4. The van der Waals surface area contributed by atoms with Gasteiger partial charge in [-0.2, -0.15) is 5.10 Å². The number of amides is 4. The lowest BCUT2D eigenvalue weighted by molar-refractivity contribution is -0.132. The lowest BCUT2D eigenvalue weighted by Gasteiger charge is -2.07. The van der Waals surface area contributed by atoms with E-state index in [9.17, 15) is 24.0 Å². The molecular formula is C12H18BN5O6. The minimum Gasteiger partial charge on any atom is -0.362 e. The largest absolute Gasteiger partial charge is 0.362 e. The van der Waals surface area contributed by atoms with Crippen LogP contribution in [0, 0.1) is 0 Å². The first-order valence-electron chi connectivity index (χ1n) is 6.77. The Kier molecular flexibility index (Phi) is 11.3. The molecule has 0 heterocycles. The fraction of sp³-hybridized carbons (Fsp3) is 0.500. The lowest BCUT2D eigenvalue weighted by Crippen LogP contribution is -2.43. The van der Waals surface area contributed by atoms with E-state index in [-0.39, 0.29) is 26.2 Å². The molecule has 0 aromatic rings. The highest BCUT2D eigenvalue weighted by Crippen LogP contribution is 1.77. The molecule has 24 heavy (non-hydrogen) atoms. The standard InChI is InChI=1S/C12H18BN5O6/c1-2-17-18-12(23)7-24-6-11(22)16-5-10(21)15-4-9(20)14-3-8(13)19/h2H,3-7H2,1H3,(H,14,20)(H,15,21)(H,16,22)(H,18,23)/b17-2+. The van der Waals surface area contributed by atoms with Crippen LogP contribution in [0.25, 0.3) is 0 Å². The minimum atomic E-state index is -0.711. The summed E-state index contributed by atoms with van der Waals surface area (Å²) in [7, 11) is 4.83. The Bertz CT molecular complexity index is 510. The Morgan fingerprint density at radius 3 is 1.92 bits per heavy atom. The molecule has 0 atom stereocenters. The summed E-state index contributed by atoms with van der Waals surface area (Å²) in [4.78, 5) is 55.4. The molecule has 12 heteroatoms. The van der Waals surface area contributed by atoms with Crippen molar-refractivity contribution in [2.45, 2.75) is 6.92 Å². The van der Waals surface area contributed by atoms with Crippen molar-refractivity contribution in [3.05, 3.63) is 0 Å². The molecule has 4 N–H and O–H groups in total. The molecule has 0 spiro atoms. The van der Waals surface area contributed by atoms with E-state index >= 15 is 0 Å². The summed E-state index contributed by atoms with van der Waals surface area (Å²) >= 11 is 0. The van der Waals surface area contributed by atoms with Gasteiger partial charge < -0.3 is 25.5 Å². The number of rotatable bonds is 11. The molecule has 0 saturated carbocycles. The summed E-state index contributed by atoms with van der Waals surface area (Å²) in [6.07, 6.45) is 1.37. The predicted molar refractivity (Wildman–Crippen MR) is 82.9 cm³/mol. The average Bonchev–Trinajstić information content (AvgIpc) is 2.54. The van der Waals surface area contributed by atoms with Gasteiger partial charge in [0, 0.05) is 6.21 Å². The van der Waals surface area contributed by atoms with Gasteiger partial charge in [0.25, 0.3) is 5.91 Å². The lowest BCUT2D eigenvalue weighted by atomic mass is 10.0. The van der Waals surface area contributed by atoms with Crippen LogP contribution in [-0.4, -0.2) is 76.2 Å².